The van der Waals surface area contributed by atoms with Crippen LogP contribution in [0.4, 0.5) is 5.69 Å². The summed E-state index contributed by atoms with van der Waals surface area (Å²) in [5.41, 5.74) is 1.30. The zero-order chi connectivity index (χ0) is 11.9. The van der Waals surface area contributed by atoms with E-state index >= 15 is 0 Å². The lowest BCUT2D eigenvalue weighted by Gasteiger charge is -2.21. The summed E-state index contributed by atoms with van der Waals surface area (Å²) in [7, 11) is -4.26. The lowest BCUT2D eigenvalue weighted by Crippen LogP contribution is -2.41. The van der Waals surface area contributed by atoms with Gasteiger partial charge >= 0.3 is 0 Å². The lowest BCUT2D eigenvalue weighted by molar-refractivity contribution is -0.116. The molecule has 0 saturated heterocycles. The van der Waals surface area contributed by atoms with Crippen molar-refractivity contribution in [3.63, 3.8) is 0 Å². The Balaban J connectivity index is 2.54. The largest absolute Gasteiger partial charge is 0.292 e. The summed E-state index contributed by atoms with van der Waals surface area (Å²) in [6, 6.07) is 6.91. The molecular weight excluding hydrogens is 230 g/mol. The third kappa shape index (κ3) is 1.70. The van der Waals surface area contributed by atoms with Crippen molar-refractivity contribution in [2.45, 2.75) is 18.7 Å². The SMILES string of the molecule is CC(=O)N1c2ccccc2CC1S(=O)(=O)O. The molecule has 1 amide bonds. The lowest BCUT2D eigenvalue weighted by atomic mass is 10.2. The van der Waals surface area contributed by atoms with Gasteiger partial charge in [-0.2, -0.15) is 8.42 Å². The Morgan fingerprint density at radius 1 is 1.44 bits per heavy atom. The molecule has 6 heteroatoms. The van der Waals surface area contributed by atoms with Crippen LogP contribution in [0, 0.1) is 0 Å². The van der Waals surface area contributed by atoms with Crippen LogP contribution in [0.25, 0.3) is 0 Å². The van der Waals surface area contributed by atoms with E-state index in [1.807, 2.05) is 0 Å². The van der Waals surface area contributed by atoms with E-state index in [0.29, 0.717) is 5.69 Å². The molecule has 86 valence electrons. The Bertz CT molecular complexity index is 538. The molecule has 16 heavy (non-hydrogen) atoms. The predicted octanol–water partition coefficient (Wildman–Crippen LogP) is 0.810. The number of carbonyl (C=O) groups is 1. The topological polar surface area (TPSA) is 74.7 Å². The quantitative estimate of drug-likeness (QED) is 0.738. The van der Waals surface area contributed by atoms with Crippen molar-refractivity contribution in [3.05, 3.63) is 29.8 Å². The van der Waals surface area contributed by atoms with Crippen LogP contribution in [0.3, 0.4) is 0 Å². The highest BCUT2D eigenvalue weighted by molar-refractivity contribution is 7.86. The molecule has 1 aliphatic rings. The van der Waals surface area contributed by atoms with E-state index in [1.165, 1.54) is 6.92 Å². The molecule has 1 heterocycles. The van der Waals surface area contributed by atoms with Gasteiger partial charge in [-0.05, 0) is 11.6 Å². The molecule has 1 unspecified atom stereocenters. The maximum absolute atomic E-state index is 11.4. The Labute approximate surface area is 93.4 Å². The van der Waals surface area contributed by atoms with E-state index in [1.54, 1.807) is 24.3 Å². The fraction of sp³-hybridized carbons (Fsp3) is 0.300. The summed E-state index contributed by atoms with van der Waals surface area (Å²) < 4.78 is 31.4. The van der Waals surface area contributed by atoms with Crippen molar-refractivity contribution >= 4 is 21.7 Å². The van der Waals surface area contributed by atoms with Gasteiger partial charge in [0.2, 0.25) is 5.91 Å². The van der Waals surface area contributed by atoms with Gasteiger partial charge in [0.1, 0.15) is 0 Å². The summed E-state index contributed by atoms with van der Waals surface area (Å²) in [5, 5.41) is -1.19. The third-order valence-corrected chi connectivity index (χ3v) is 3.68. The van der Waals surface area contributed by atoms with E-state index in [2.05, 4.69) is 0 Å². The first-order chi connectivity index (χ1) is 7.41. The number of hydrogen-bond donors (Lipinski definition) is 1. The Hall–Kier alpha value is -1.40. The first-order valence-electron chi connectivity index (χ1n) is 4.75. The number of carbonyl (C=O) groups excluding carboxylic acids is 1. The second-order valence-electron chi connectivity index (χ2n) is 3.69. The zero-order valence-electron chi connectivity index (χ0n) is 8.62. The second-order valence-corrected chi connectivity index (χ2v) is 5.27. The normalized spacial score (nSPS) is 19.6. The molecule has 0 fully saturated rings. The van der Waals surface area contributed by atoms with Crippen molar-refractivity contribution in [3.8, 4) is 0 Å². The van der Waals surface area contributed by atoms with Crippen molar-refractivity contribution in [1.29, 1.82) is 0 Å². The van der Waals surface area contributed by atoms with Gasteiger partial charge in [0.25, 0.3) is 10.1 Å². The molecule has 5 nitrogen and oxygen atoms in total. The summed E-state index contributed by atoms with van der Waals surface area (Å²) in [4.78, 5) is 12.5. The smallest absolute Gasteiger partial charge is 0.287 e. The van der Waals surface area contributed by atoms with Crippen LogP contribution >= 0.6 is 0 Å². The molecule has 1 aromatic rings. The maximum Gasteiger partial charge on any atom is 0.287 e. The van der Waals surface area contributed by atoms with E-state index in [9.17, 15) is 13.2 Å². The van der Waals surface area contributed by atoms with Gasteiger partial charge in [-0.15, -0.1) is 0 Å². The number of amides is 1. The molecule has 0 radical (unpaired) electrons. The first-order valence-corrected chi connectivity index (χ1v) is 6.25. The number of fused-ring (bicyclic) bond motifs is 1. The van der Waals surface area contributed by atoms with Crippen LogP contribution in [0.5, 0.6) is 0 Å². The van der Waals surface area contributed by atoms with Crippen LogP contribution in [0.15, 0.2) is 24.3 Å². The van der Waals surface area contributed by atoms with Crippen molar-refractivity contribution in [2.24, 2.45) is 0 Å². The van der Waals surface area contributed by atoms with Crippen LogP contribution in [-0.2, 0) is 21.3 Å². The van der Waals surface area contributed by atoms with Gasteiger partial charge in [-0.25, -0.2) is 0 Å². The molecule has 0 saturated carbocycles. The first kappa shape index (κ1) is 11.1. The predicted molar refractivity (Wildman–Crippen MR) is 58.6 cm³/mol. The summed E-state index contributed by atoms with van der Waals surface area (Å²) >= 11 is 0. The van der Waals surface area contributed by atoms with Crippen molar-refractivity contribution < 1.29 is 17.8 Å². The number of anilines is 1. The zero-order valence-corrected chi connectivity index (χ0v) is 9.44. The minimum absolute atomic E-state index is 0.134. The van der Waals surface area contributed by atoms with Crippen LogP contribution in [0.1, 0.15) is 12.5 Å². The molecule has 0 aromatic heterocycles. The third-order valence-electron chi connectivity index (χ3n) is 2.62. The summed E-state index contributed by atoms with van der Waals surface area (Å²) in [6.45, 7) is 1.28. The van der Waals surface area contributed by atoms with Crippen LogP contribution in [-0.4, -0.2) is 24.3 Å². The Morgan fingerprint density at radius 3 is 2.62 bits per heavy atom. The molecule has 1 aromatic carbocycles. The average molecular weight is 241 g/mol. The molecule has 1 N–H and O–H groups in total. The monoisotopic (exact) mass is 241 g/mol. The maximum atomic E-state index is 11.4. The van der Waals surface area contributed by atoms with Crippen molar-refractivity contribution in [2.75, 3.05) is 4.90 Å². The molecule has 1 aliphatic heterocycles. The average Bonchev–Trinajstić information content (AvgIpc) is 2.55. The molecule has 0 aliphatic carbocycles. The molecule has 1 atom stereocenters. The standard InChI is InChI=1S/C10H11NO4S/c1-7(12)11-9-5-3-2-4-8(9)6-10(11)16(13,14)15/h2-5,10H,6H2,1H3,(H,13,14,15). The highest BCUT2D eigenvalue weighted by Gasteiger charge is 2.39. The highest BCUT2D eigenvalue weighted by Crippen LogP contribution is 2.33. The van der Waals surface area contributed by atoms with E-state index < -0.39 is 21.4 Å². The van der Waals surface area contributed by atoms with Gasteiger partial charge in [0.15, 0.2) is 5.37 Å². The van der Waals surface area contributed by atoms with Gasteiger partial charge in [0, 0.05) is 19.0 Å². The van der Waals surface area contributed by atoms with E-state index in [-0.39, 0.29) is 6.42 Å². The number of benzene rings is 1. The number of nitrogens with zero attached hydrogens (tertiary/aromatic N) is 1. The van der Waals surface area contributed by atoms with Crippen LogP contribution < -0.4 is 4.90 Å². The minimum atomic E-state index is -4.26. The summed E-state index contributed by atoms with van der Waals surface area (Å²) in [6.07, 6.45) is 0.134. The Kier molecular flexibility index (Phi) is 2.47. The minimum Gasteiger partial charge on any atom is -0.292 e. The van der Waals surface area contributed by atoms with Gasteiger partial charge in [-0.3, -0.25) is 14.2 Å². The van der Waals surface area contributed by atoms with E-state index in [0.717, 1.165) is 10.5 Å². The fourth-order valence-corrected chi connectivity index (χ4v) is 2.88. The molecule has 0 spiro atoms. The van der Waals surface area contributed by atoms with E-state index in [4.69, 9.17) is 4.55 Å². The van der Waals surface area contributed by atoms with Gasteiger partial charge in [0.05, 0.1) is 0 Å². The van der Waals surface area contributed by atoms with Crippen LogP contribution in [0.2, 0.25) is 0 Å². The van der Waals surface area contributed by atoms with Gasteiger partial charge < -0.3 is 0 Å². The molecular formula is C10H11NO4S. The summed E-state index contributed by atoms with van der Waals surface area (Å²) in [5.74, 6) is -0.396. The number of hydrogen-bond acceptors (Lipinski definition) is 3. The fourth-order valence-electron chi connectivity index (χ4n) is 1.96. The Morgan fingerprint density at radius 2 is 2.06 bits per heavy atom. The highest BCUT2D eigenvalue weighted by atomic mass is 32.2. The number of para-hydroxylation sites is 1. The molecule has 0 bridgehead atoms. The van der Waals surface area contributed by atoms with Crippen molar-refractivity contribution in [1.82, 2.24) is 0 Å². The second kappa shape index (κ2) is 3.57. The molecule has 2 rings (SSSR count). The number of rotatable bonds is 1. The van der Waals surface area contributed by atoms with Gasteiger partial charge in [-0.1, -0.05) is 18.2 Å².